The van der Waals surface area contributed by atoms with E-state index < -0.39 is 15.4 Å². The van der Waals surface area contributed by atoms with Gasteiger partial charge in [0.05, 0.1) is 11.1 Å². The molecule has 0 bridgehead atoms. The maximum atomic E-state index is 13.2. The molecule has 8 heteroatoms. The van der Waals surface area contributed by atoms with Gasteiger partial charge in [-0.15, -0.1) is 0 Å². The largest absolute Gasteiger partial charge is 0.384 e. The van der Waals surface area contributed by atoms with Crippen LogP contribution in [-0.2, 0) is 9.84 Å². The molecule has 0 aliphatic heterocycles. The van der Waals surface area contributed by atoms with Crippen LogP contribution in [0.25, 0.3) is 10.9 Å². The number of rotatable bonds is 4. The first-order chi connectivity index (χ1) is 11.8. The second kappa shape index (κ2) is 6.03. The predicted molar refractivity (Wildman–Crippen MR) is 96.4 cm³/mol. The van der Waals surface area contributed by atoms with Crippen LogP contribution in [0.4, 0.5) is 5.82 Å². The number of nitrogens with two attached hydrogens (primary N) is 1. The summed E-state index contributed by atoms with van der Waals surface area (Å²) < 4.78 is 27.9. The second-order valence-electron chi connectivity index (χ2n) is 6.12. The zero-order valence-corrected chi connectivity index (χ0v) is 15.1. The van der Waals surface area contributed by atoms with Gasteiger partial charge < -0.3 is 10.3 Å². The Bertz CT molecular complexity index is 1100. The lowest BCUT2D eigenvalue weighted by Gasteiger charge is -2.14. The maximum absolute atomic E-state index is 13.2. The molecule has 2 heterocycles. The summed E-state index contributed by atoms with van der Waals surface area (Å²) in [6.45, 7) is 5.71. The van der Waals surface area contributed by atoms with E-state index in [1.54, 1.807) is 16.7 Å². The van der Waals surface area contributed by atoms with Crippen LogP contribution in [0.2, 0.25) is 0 Å². The van der Waals surface area contributed by atoms with Crippen molar-refractivity contribution in [2.45, 2.75) is 43.0 Å². The molecule has 0 amide bonds. The number of nitrogens with zero attached hydrogens (tertiary/aromatic N) is 2. The summed E-state index contributed by atoms with van der Waals surface area (Å²) in [5.41, 5.74) is 6.94. The Kier molecular flexibility index (Phi) is 4.16. The van der Waals surface area contributed by atoms with Crippen molar-refractivity contribution < 1.29 is 8.42 Å². The fraction of sp³-hybridized carbons (Fsp3) is 0.294. The number of aromatic amines is 1. The van der Waals surface area contributed by atoms with Crippen LogP contribution in [-0.4, -0.2) is 23.2 Å². The molecule has 0 aliphatic carbocycles. The molecule has 0 aliphatic rings. The van der Waals surface area contributed by atoms with E-state index in [9.17, 15) is 13.2 Å². The van der Waals surface area contributed by atoms with Gasteiger partial charge in [-0.25, -0.2) is 13.5 Å². The number of hydrogen-bond donors (Lipinski definition) is 2. The molecule has 25 heavy (non-hydrogen) atoms. The van der Waals surface area contributed by atoms with Crippen molar-refractivity contribution >= 4 is 26.6 Å². The molecule has 3 N–H and O–H groups in total. The van der Waals surface area contributed by atoms with Crippen molar-refractivity contribution in [2.75, 3.05) is 5.73 Å². The lowest BCUT2D eigenvalue weighted by molar-refractivity contribution is 0.550. The van der Waals surface area contributed by atoms with Crippen LogP contribution in [0, 0.1) is 6.92 Å². The standard InChI is InChI=1S/C17H20N4O3S/c1-4-11(3)21-14-13(9-19-20-17(14)22)15(16(21)18)25(23,24)12-7-5-10(2)6-8-12/h5-9,11H,4,18H2,1-3H3,(H,20,22). The highest BCUT2D eigenvalue weighted by Gasteiger charge is 2.30. The topological polar surface area (TPSA) is 111 Å². The van der Waals surface area contributed by atoms with Crippen LogP contribution < -0.4 is 11.3 Å². The van der Waals surface area contributed by atoms with Crippen LogP contribution in [0.15, 0.2) is 45.0 Å². The van der Waals surface area contributed by atoms with E-state index >= 15 is 0 Å². The molecule has 7 nitrogen and oxygen atoms in total. The van der Waals surface area contributed by atoms with Gasteiger partial charge in [0.1, 0.15) is 16.2 Å². The number of nitrogen functional groups attached to an aromatic ring is 1. The van der Waals surface area contributed by atoms with Crippen molar-refractivity contribution in [3.63, 3.8) is 0 Å². The number of hydrogen-bond acceptors (Lipinski definition) is 5. The first kappa shape index (κ1) is 17.2. The molecule has 0 radical (unpaired) electrons. The Balaban J connectivity index is 2.41. The number of benzene rings is 1. The summed E-state index contributed by atoms with van der Waals surface area (Å²) in [5.74, 6) is 0.0587. The minimum Gasteiger partial charge on any atom is -0.384 e. The molecule has 0 saturated heterocycles. The van der Waals surface area contributed by atoms with E-state index in [-0.39, 0.29) is 32.6 Å². The third-order valence-electron chi connectivity index (χ3n) is 4.44. The predicted octanol–water partition coefficient (Wildman–Crippen LogP) is 2.42. The molecule has 1 atom stereocenters. The fourth-order valence-corrected chi connectivity index (χ4v) is 4.47. The smallest absolute Gasteiger partial charge is 0.288 e. The van der Waals surface area contributed by atoms with Gasteiger partial charge in [0.25, 0.3) is 5.56 Å². The van der Waals surface area contributed by atoms with Crippen molar-refractivity contribution in [1.29, 1.82) is 0 Å². The van der Waals surface area contributed by atoms with Crippen LogP contribution in [0.5, 0.6) is 0 Å². The quantitative estimate of drug-likeness (QED) is 0.742. The van der Waals surface area contributed by atoms with E-state index in [1.165, 1.54) is 18.3 Å². The first-order valence-electron chi connectivity index (χ1n) is 7.97. The lowest BCUT2D eigenvalue weighted by Crippen LogP contribution is -2.15. The molecular formula is C17H20N4O3S. The summed E-state index contributed by atoms with van der Waals surface area (Å²) in [5, 5.41) is 6.36. The first-order valence-corrected chi connectivity index (χ1v) is 9.46. The van der Waals surface area contributed by atoms with E-state index in [4.69, 9.17) is 5.73 Å². The number of fused-ring (bicyclic) bond motifs is 1. The molecule has 3 rings (SSSR count). The molecule has 1 aromatic carbocycles. The third-order valence-corrected chi connectivity index (χ3v) is 6.30. The summed E-state index contributed by atoms with van der Waals surface area (Å²) in [6.07, 6.45) is 2.03. The molecule has 1 unspecified atom stereocenters. The Labute approximate surface area is 145 Å². The minimum atomic E-state index is -3.89. The molecule has 0 fully saturated rings. The highest BCUT2D eigenvalue weighted by Crippen LogP contribution is 2.36. The highest BCUT2D eigenvalue weighted by atomic mass is 32.2. The van der Waals surface area contributed by atoms with Crippen LogP contribution in [0.1, 0.15) is 31.9 Å². The molecule has 2 aromatic heterocycles. The van der Waals surface area contributed by atoms with Crippen LogP contribution >= 0.6 is 0 Å². The van der Waals surface area contributed by atoms with Gasteiger partial charge in [-0.1, -0.05) is 24.6 Å². The number of aryl methyl sites for hydroxylation is 1. The van der Waals surface area contributed by atoms with E-state index in [2.05, 4.69) is 10.2 Å². The Hall–Kier alpha value is -2.61. The number of nitrogens with one attached hydrogen (secondary N) is 1. The number of sulfone groups is 1. The van der Waals surface area contributed by atoms with Gasteiger partial charge in [0.15, 0.2) is 0 Å². The Morgan fingerprint density at radius 2 is 1.92 bits per heavy atom. The molecular weight excluding hydrogens is 340 g/mol. The summed E-state index contributed by atoms with van der Waals surface area (Å²) in [6, 6.07) is 6.39. The van der Waals surface area contributed by atoms with E-state index in [1.807, 2.05) is 20.8 Å². The van der Waals surface area contributed by atoms with Crippen molar-refractivity contribution in [2.24, 2.45) is 0 Å². The van der Waals surface area contributed by atoms with E-state index in [0.717, 1.165) is 5.56 Å². The van der Waals surface area contributed by atoms with Gasteiger partial charge in [-0.3, -0.25) is 4.79 Å². The average Bonchev–Trinajstić information content (AvgIpc) is 2.88. The van der Waals surface area contributed by atoms with Crippen molar-refractivity contribution in [3.8, 4) is 0 Å². The zero-order valence-electron chi connectivity index (χ0n) is 14.3. The average molecular weight is 360 g/mol. The van der Waals surface area contributed by atoms with Gasteiger partial charge in [0.2, 0.25) is 9.84 Å². The van der Waals surface area contributed by atoms with Crippen molar-refractivity contribution in [3.05, 3.63) is 46.4 Å². The monoisotopic (exact) mass is 360 g/mol. The zero-order chi connectivity index (χ0) is 18.4. The lowest BCUT2D eigenvalue weighted by atomic mass is 10.2. The molecule has 132 valence electrons. The normalized spacial score (nSPS) is 13.2. The van der Waals surface area contributed by atoms with E-state index in [0.29, 0.717) is 6.42 Å². The summed E-state index contributed by atoms with van der Waals surface area (Å²) in [7, 11) is -3.89. The van der Waals surface area contributed by atoms with Gasteiger partial charge in [-0.2, -0.15) is 5.10 Å². The third kappa shape index (κ3) is 2.62. The van der Waals surface area contributed by atoms with Crippen molar-refractivity contribution in [1.82, 2.24) is 14.8 Å². The Morgan fingerprint density at radius 1 is 1.28 bits per heavy atom. The summed E-state index contributed by atoms with van der Waals surface area (Å²) >= 11 is 0. The van der Waals surface area contributed by atoms with Gasteiger partial charge >= 0.3 is 0 Å². The number of H-pyrrole nitrogens is 1. The fourth-order valence-electron chi connectivity index (χ4n) is 2.92. The maximum Gasteiger partial charge on any atom is 0.288 e. The molecule has 3 aromatic rings. The molecule has 0 spiro atoms. The van der Waals surface area contributed by atoms with Gasteiger partial charge in [0, 0.05) is 11.4 Å². The van der Waals surface area contributed by atoms with Crippen LogP contribution in [0.3, 0.4) is 0 Å². The van der Waals surface area contributed by atoms with Gasteiger partial charge in [-0.05, 0) is 32.4 Å². The summed E-state index contributed by atoms with van der Waals surface area (Å²) in [4.78, 5) is 12.4. The highest BCUT2D eigenvalue weighted by molar-refractivity contribution is 7.92. The second-order valence-corrected chi connectivity index (χ2v) is 8.01. The molecule has 0 saturated carbocycles. The SMILES string of the molecule is CCC(C)n1c(N)c(S(=O)(=O)c2ccc(C)cc2)c2cn[nH]c(=O)c21. The number of anilines is 1. The Morgan fingerprint density at radius 3 is 2.52 bits per heavy atom. The number of aromatic nitrogens is 3. The minimum absolute atomic E-state index is 0.0587.